The van der Waals surface area contributed by atoms with Gasteiger partial charge in [0, 0.05) is 24.6 Å². The van der Waals surface area contributed by atoms with Gasteiger partial charge in [-0.15, -0.1) is 0 Å². The second-order valence-corrected chi connectivity index (χ2v) is 4.51. The predicted octanol–water partition coefficient (Wildman–Crippen LogP) is 1.64. The molecule has 0 spiro atoms. The fourth-order valence-electron chi connectivity index (χ4n) is 1.52. The van der Waals surface area contributed by atoms with Crippen molar-refractivity contribution in [3.63, 3.8) is 0 Å². The van der Waals surface area contributed by atoms with Gasteiger partial charge in [0.25, 0.3) is 0 Å². The van der Waals surface area contributed by atoms with Crippen LogP contribution in [0.3, 0.4) is 0 Å². The average Bonchev–Trinajstić information content (AvgIpc) is 2.38. The molecule has 6 heteroatoms. The number of hydrogen-bond donors (Lipinski definition) is 2. The fourth-order valence-corrected chi connectivity index (χ4v) is 1.72. The molecule has 3 N–H and O–H groups in total. The lowest BCUT2D eigenvalue weighted by Crippen LogP contribution is -2.27. The van der Waals surface area contributed by atoms with Crippen LogP contribution < -0.4 is 20.5 Å². The van der Waals surface area contributed by atoms with Crippen molar-refractivity contribution in [2.24, 2.45) is 11.7 Å². The van der Waals surface area contributed by atoms with Crippen molar-refractivity contribution in [2.75, 3.05) is 25.1 Å². The largest absolute Gasteiger partial charge is 0.486 e. The summed E-state index contributed by atoms with van der Waals surface area (Å²) in [7, 11) is 0. The number of amides is 1. The highest BCUT2D eigenvalue weighted by molar-refractivity contribution is 6.34. The highest BCUT2D eigenvalue weighted by Gasteiger charge is 2.18. The topological polar surface area (TPSA) is 73.6 Å². The number of nitrogens with two attached hydrogens (primary N) is 1. The van der Waals surface area contributed by atoms with Gasteiger partial charge in [-0.05, 0) is 0 Å². The van der Waals surface area contributed by atoms with Crippen LogP contribution in [-0.4, -0.2) is 25.7 Å². The molecular weight excluding hydrogens is 256 g/mol. The van der Waals surface area contributed by atoms with E-state index in [1.165, 1.54) is 0 Å². The molecule has 2 rings (SSSR count). The summed E-state index contributed by atoms with van der Waals surface area (Å²) in [6.45, 7) is 3.02. The minimum atomic E-state index is -0.269. The van der Waals surface area contributed by atoms with Crippen LogP contribution in [-0.2, 0) is 4.79 Å². The summed E-state index contributed by atoms with van der Waals surface area (Å²) in [4.78, 5) is 11.7. The molecule has 1 aromatic rings. The predicted molar refractivity (Wildman–Crippen MR) is 69.3 cm³/mol. The second kappa shape index (κ2) is 5.46. The van der Waals surface area contributed by atoms with Crippen molar-refractivity contribution in [1.82, 2.24) is 0 Å². The minimum absolute atomic E-state index is 0.170. The first-order valence-corrected chi connectivity index (χ1v) is 6.09. The molecule has 0 aromatic heterocycles. The Morgan fingerprint density at radius 2 is 2.06 bits per heavy atom. The van der Waals surface area contributed by atoms with Crippen molar-refractivity contribution in [2.45, 2.75) is 6.92 Å². The van der Waals surface area contributed by atoms with E-state index in [4.69, 9.17) is 26.8 Å². The molecule has 0 aliphatic carbocycles. The third kappa shape index (κ3) is 2.68. The molecule has 0 radical (unpaired) electrons. The number of ether oxygens (including phenoxy) is 2. The van der Waals surface area contributed by atoms with Crippen LogP contribution in [0.4, 0.5) is 5.69 Å². The van der Waals surface area contributed by atoms with E-state index in [9.17, 15) is 4.79 Å². The van der Waals surface area contributed by atoms with Crippen LogP contribution in [0.1, 0.15) is 6.92 Å². The summed E-state index contributed by atoms with van der Waals surface area (Å²) in [5, 5.41) is 3.14. The molecule has 1 heterocycles. The quantitative estimate of drug-likeness (QED) is 0.876. The summed E-state index contributed by atoms with van der Waals surface area (Å²) >= 11 is 6.07. The van der Waals surface area contributed by atoms with Crippen LogP contribution >= 0.6 is 11.6 Å². The molecular formula is C12H15ClN2O3. The van der Waals surface area contributed by atoms with Gasteiger partial charge < -0.3 is 20.5 Å². The van der Waals surface area contributed by atoms with Gasteiger partial charge in [0.1, 0.15) is 13.2 Å². The first-order chi connectivity index (χ1) is 8.61. The summed E-state index contributed by atoms with van der Waals surface area (Å²) in [5.74, 6) is 0.739. The number of nitrogens with one attached hydrogen (secondary N) is 1. The first kappa shape index (κ1) is 13.0. The molecule has 1 unspecified atom stereocenters. The van der Waals surface area contributed by atoms with Gasteiger partial charge in [0.15, 0.2) is 11.5 Å². The summed E-state index contributed by atoms with van der Waals surface area (Å²) in [6, 6.07) is 3.30. The van der Waals surface area contributed by atoms with Crippen LogP contribution in [0.25, 0.3) is 0 Å². The number of benzene rings is 1. The van der Waals surface area contributed by atoms with E-state index in [0.29, 0.717) is 35.4 Å². The van der Waals surface area contributed by atoms with Gasteiger partial charge in [0.2, 0.25) is 5.91 Å². The number of halogens is 1. The van der Waals surface area contributed by atoms with Crippen molar-refractivity contribution < 1.29 is 14.3 Å². The molecule has 1 aliphatic rings. The lowest BCUT2D eigenvalue weighted by Gasteiger charge is -2.20. The molecule has 98 valence electrons. The van der Waals surface area contributed by atoms with Gasteiger partial charge in [0.05, 0.1) is 10.7 Å². The molecule has 0 saturated carbocycles. The van der Waals surface area contributed by atoms with Crippen molar-refractivity contribution >= 4 is 23.2 Å². The van der Waals surface area contributed by atoms with Crippen molar-refractivity contribution in [3.05, 3.63) is 17.2 Å². The zero-order valence-corrected chi connectivity index (χ0v) is 10.8. The Balaban J connectivity index is 2.20. The van der Waals surface area contributed by atoms with Crippen LogP contribution in [0.2, 0.25) is 5.02 Å². The first-order valence-electron chi connectivity index (χ1n) is 5.72. The second-order valence-electron chi connectivity index (χ2n) is 4.10. The van der Waals surface area contributed by atoms with E-state index in [0.717, 1.165) is 0 Å². The normalized spacial score (nSPS) is 15.1. The smallest absolute Gasteiger partial charge is 0.228 e. The van der Waals surface area contributed by atoms with Gasteiger partial charge in [-0.2, -0.15) is 0 Å². The molecule has 1 aromatic carbocycles. The van der Waals surface area contributed by atoms with Gasteiger partial charge in [-0.1, -0.05) is 18.5 Å². The van der Waals surface area contributed by atoms with Gasteiger partial charge >= 0.3 is 0 Å². The molecule has 1 atom stereocenters. The molecule has 18 heavy (non-hydrogen) atoms. The van der Waals surface area contributed by atoms with Gasteiger partial charge in [-0.25, -0.2) is 0 Å². The SMILES string of the molecule is CC(CN)C(=O)Nc1cc2c(cc1Cl)OCCO2. The van der Waals surface area contributed by atoms with Gasteiger partial charge in [-0.3, -0.25) is 4.79 Å². The standard InChI is InChI=1S/C12H15ClN2O3/c1-7(6-14)12(16)15-9-5-11-10(4-8(9)13)17-2-3-18-11/h4-5,7H,2-3,6,14H2,1H3,(H,15,16). The third-order valence-electron chi connectivity index (χ3n) is 2.69. The maximum Gasteiger partial charge on any atom is 0.228 e. The monoisotopic (exact) mass is 270 g/mol. The molecule has 5 nitrogen and oxygen atoms in total. The van der Waals surface area contributed by atoms with E-state index < -0.39 is 0 Å². The van der Waals surface area contributed by atoms with Crippen molar-refractivity contribution in [3.8, 4) is 11.5 Å². The van der Waals surface area contributed by atoms with Crippen LogP contribution in [0.5, 0.6) is 11.5 Å². The number of hydrogen-bond acceptors (Lipinski definition) is 4. The van der Waals surface area contributed by atoms with E-state index in [-0.39, 0.29) is 18.4 Å². The lowest BCUT2D eigenvalue weighted by atomic mass is 10.1. The number of fused-ring (bicyclic) bond motifs is 1. The van der Waals surface area contributed by atoms with E-state index >= 15 is 0 Å². The van der Waals surface area contributed by atoms with Crippen LogP contribution in [0.15, 0.2) is 12.1 Å². The summed E-state index contributed by atoms with van der Waals surface area (Å²) < 4.78 is 10.8. The Morgan fingerprint density at radius 3 is 2.67 bits per heavy atom. The highest BCUT2D eigenvalue weighted by Crippen LogP contribution is 2.38. The zero-order valence-electron chi connectivity index (χ0n) is 10.0. The Kier molecular flexibility index (Phi) is 3.93. The lowest BCUT2D eigenvalue weighted by molar-refractivity contribution is -0.119. The Hall–Kier alpha value is -1.46. The molecule has 0 saturated heterocycles. The highest BCUT2D eigenvalue weighted by atomic mass is 35.5. The minimum Gasteiger partial charge on any atom is -0.486 e. The number of carbonyl (C=O) groups is 1. The number of rotatable bonds is 3. The zero-order chi connectivity index (χ0) is 13.1. The van der Waals surface area contributed by atoms with E-state index in [2.05, 4.69) is 5.32 Å². The summed E-state index contributed by atoms with van der Waals surface area (Å²) in [5.41, 5.74) is 5.94. The average molecular weight is 271 g/mol. The molecule has 0 bridgehead atoms. The molecule has 0 fully saturated rings. The third-order valence-corrected chi connectivity index (χ3v) is 3.00. The van der Waals surface area contributed by atoms with E-state index in [1.54, 1.807) is 19.1 Å². The van der Waals surface area contributed by atoms with E-state index in [1.807, 2.05) is 0 Å². The molecule has 1 amide bonds. The Morgan fingerprint density at radius 1 is 1.44 bits per heavy atom. The Labute approximate surface area is 110 Å². The van der Waals surface area contributed by atoms with Crippen molar-refractivity contribution in [1.29, 1.82) is 0 Å². The van der Waals surface area contributed by atoms with Crippen LogP contribution in [0, 0.1) is 5.92 Å². The maximum atomic E-state index is 11.7. The Bertz CT molecular complexity index is 465. The number of anilines is 1. The summed E-state index contributed by atoms with van der Waals surface area (Å²) in [6.07, 6.45) is 0. The number of carbonyl (C=O) groups excluding carboxylic acids is 1. The fraction of sp³-hybridized carbons (Fsp3) is 0.417. The molecule has 1 aliphatic heterocycles. The maximum absolute atomic E-state index is 11.7.